The number of rotatable bonds is 6. The fourth-order valence-electron chi connectivity index (χ4n) is 1.76. The average Bonchev–Trinajstić information content (AvgIpc) is 2.89. The fourth-order valence-corrected chi connectivity index (χ4v) is 2.71. The Morgan fingerprint density at radius 2 is 2.05 bits per heavy atom. The van der Waals surface area contributed by atoms with Crippen LogP contribution in [0.3, 0.4) is 0 Å². The highest BCUT2D eigenvalue weighted by atomic mass is 32.2. The zero-order chi connectivity index (χ0) is 15.3. The first-order valence-electron chi connectivity index (χ1n) is 6.17. The highest BCUT2D eigenvalue weighted by molar-refractivity contribution is 7.98. The van der Waals surface area contributed by atoms with Crippen molar-refractivity contribution in [2.75, 3.05) is 13.7 Å². The minimum atomic E-state index is -4.35. The molecule has 4 nitrogen and oxygen atoms in total. The highest BCUT2D eigenvalue weighted by Crippen LogP contribution is 2.34. The lowest BCUT2D eigenvalue weighted by molar-refractivity contribution is -0.138. The second kappa shape index (κ2) is 6.95. The molecule has 0 aliphatic heterocycles. The number of nitrogens with zero attached hydrogens (tertiary/aromatic N) is 3. The van der Waals surface area contributed by atoms with Crippen molar-refractivity contribution in [3.63, 3.8) is 0 Å². The van der Waals surface area contributed by atoms with Gasteiger partial charge in [0.25, 0.3) is 0 Å². The summed E-state index contributed by atoms with van der Waals surface area (Å²) in [6, 6.07) is 5.55. The summed E-state index contributed by atoms with van der Waals surface area (Å²) in [5, 5.41) is 8.26. The lowest BCUT2D eigenvalue weighted by Gasteiger charge is -2.12. The van der Waals surface area contributed by atoms with E-state index in [4.69, 9.17) is 4.74 Å². The Morgan fingerprint density at radius 3 is 2.76 bits per heavy atom. The molecule has 2 rings (SSSR count). The van der Waals surface area contributed by atoms with Gasteiger partial charge in [0.05, 0.1) is 12.2 Å². The van der Waals surface area contributed by atoms with Crippen LogP contribution in [0.5, 0.6) is 0 Å². The first-order chi connectivity index (χ1) is 10.0. The van der Waals surface area contributed by atoms with Gasteiger partial charge in [-0.1, -0.05) is 30.0 Å². The molecule has 0 unspecified atom stereocenters. The van der Waals surface area contributed by atoms with Gasteiger partial charge in [0.2, 0.25) is 0 Å². The molecule has 0 atom stereocenters. The van der Waals surface area contributed by atoms with Gasteiger partial charge in [-0.05, 0) is 11.6 Å². The van der Waals surface area contributed by atoms with Crippen LogP contribution >= 0.6 is 11.8 Å². The maximum atomic E-state index is 12.9. The quantitative estimate of drug-likeness (QED) is 0.767. The molecule has 0 saturated heterocycles. The Hall–Kier alpha value is -1.54. The number of ether oxygens (including phenoxy) is 1. The fraction of sp³-hybridized carbons (Fsp3) is 0.385. The van der Waals surface area contributed by atoms with E-state index >= 15 is 0 Å². The van der Waals surface area contributed by atoms with Crippen molar-refractivity contribution in [3.05, 3.63) is 41.7 Å². The monoisotopic (exact) mass is 317 g/mol. The maximum Gasteiger partial charge on any atom is 0.416 e. The molecule has 0 aliphatic rings. The number of hydrogen-bond donors (Lipinski definition) is 0. The molecule has 0 aliphatic carbocycles. The van der Waals surface area contributed by atoms with E-state index in [1.165, 1.54) is 30.2 Å². The SMILES string of the molecule is COCCn1cnnc1SCc1ccccc1C(F)(F)F. The molecule has 0 fully saturated rings. The highest BCUT2D eigenvalue weighted by Gasteiger charge is 2.32. The van der Waals surface area contributed by atoms with Crippen LogP contribution in [0.25, 0.3) is 0 Å². The molecule has 21 heavy (non-hydrogen) atoms. The lowest BCUT2D eigenvalue weighted by atomic mass is 10.1. The molecule has 1 aromatic heterocycles. The van der Waals surface area contributed by atoms with Gasteiger partial charge in [0, 0.05) is 19.4 Å². The number of benzene rings is 1. The minimum absolute atomic E-state index is 0.182. The van der Waals surface area contributed by atoms with E-state index in [1.807, 2.05) is 0 Å². The van der Waals surface area contributed by atoms with E-state index in [0.29, 0.717) is 18.3 Å². The molecule has 0 N–H and O–H groups in total. The van der Waals surface area contributed by atoms with Gasteiger partial charge in [0.1, 0.15) is 6.33 Å². The van der Waals surface area contributed by atoms with Crippen LogP contribution in [-0.4, -0.2) is 28.5 Å². The molecule has 0 radical (unpaired) electrons. The normalized spacial score (nSPS) is 11.8. The van der Waals surface area contributed by atoms with Crippen molar-refractivity contribution in [1.29, 1.82) is 0 Å². The third-order valence-electron chi connectivity index (χ3n) is 2.80. The van der Waals surface area contributed by atoms with E-state index in [9.17, 15) is 13.2 Å². The second-order valence-electron chi connectivity index (χ2n) is 4.24. The number of hydrogen-bond acceptors (Lipinski definition) is 4. The molecule has 1 heterocycles. The Kier molecular flexibility index (Phi) is 5.24. The van der Waals surface area contributed by atoms with Crippen LogP contribution in [0, 0.1) is 0 Å². The standard InChI is InChI=1S/C13H14F3N3OS/c1-20-7-6-19-9-17-18-12(19)21-8-10-4-2-3-5-11(10)13(14,15)16/h2-5,9H,6-8H2,1H3. The van der Waals surface area contributed by atoms with Crippen LogP contribution in [0.2, 0.25) is 0 Å². The summed E-state index contributed by atoms with van der Waals surface area (Å²) in [5.74, 6) is 0.182. The van der Waals surface area contributed by atoms with Crippen LogP contribution < -0.4 is 0 Å². The Labute approximate surface area is 124 Å². The van der Waals surface area contributed by atoms with Gasteiger partial charge in [-0.2, -0.15) is 13.2 Å². The molecular weight excluding hydrogens is 303 g/mol. The van der Waals surface area contributed by atoms with Gasteiger partial charge in [0.15, 0.2) is 5.16 Å². The summed E-state index contributed by atoms with van der Waals surface area (Å²) in [6.07, 6.45) is -2.81. The second-order valence-corrected chi connectivity index (χ2v) is 5.19. The van der Waals surface area contributed by atoms with E-state index in [2.05, 4.69) is 10.2 Å². The third-order valence-corrected chi connectivity index (χ3v) is 3.83. The topological polar surface area (TPSA) is 39.9 Å². The molecule has 0 saturated carbocycles. The number of alkyl halides is 3. The van der Waals surface area contributed by atoms with E-state index < -0.39 is 11.7 Å². The van der Waals surface area contributed by atoms with E-state index in [-0.39, 0.29) is 11.3 Å². The molecule has 0 spiro atoms. The predicted molar refractivity (Wildman–Crippen MR) is 72.9 cm³/mol. The van der Waals surface area contributed by atoms with Crippen molar-refractivity contribution in [1.82, 2.24) is 14.8 Å². The van der Waals surface area contributed by atoms with Crippen molar-refractivity contribution >= 4 is 11.8 Å². The van der Waals surface area contributed by atoms with Crippen LogP contribution in [0.4, 0.5) is 13.2 Å². The van der Waals surface area contributed by atoms with Crippen LogP contribution in [-0.2, 0) is 23.2 Å². The molecular formula is C13H14F3N3OS. The third kappa shape index (κ3) is 4.21. The zero-order valence-electron chi connectivity index (χ0n) is 11.3. The molecule has 0 bridgehead atoms. The van der Waals surface area contributed by atoms with E-state index in [0.717, 1.165) is 6.07 Å². The molecule has 2 aromatic rings. The summed E-state index contributed by atoms with van der Waals surface area (Å²) in [7, 11) is 1.58. The molecule has 114 valence electrons. The Balaban J connectivity index is 2.09. The number of halogens is 3. The number of aromatic nitrogens is 3. The van der Waals surface area contributed by atoms with Crippen molar-refractivity contribution in [2.45, 2.75) is 23.6 Å². The largest absolute Gasteiger partial charge is 0.416 e. The summed E-state index contributed by atoms with van der Waals surface area (Å²) in [6.45, 7) is 1.05. The molecule has 0 amide bonds. The smallest absolute Gasteiger partial charge is 0.383 e. The number of methoxy groups -OCH3 is 1. The van der Waals surface area contributed by atoms with Crippen molar-refractivity contribution in [2.24, 2.45) is 0 Å². The number of thioether (sulfide) groups is 1. The van der Waals surface area contributed by atoms with Crippen molar-refractivity contribution < 1.29 is 17.9 Å². The van der Waals surface area contributed by atoms with Crippen LogP contribution in [0.1, 0.15) is 11.1 Å². The summed E-state index contributed by atoms with van der Waals surface area (Å²) < 4.78 is 45.4. The van der Waals surface area contributed by atoms with Gasteiger partial charge in [-0.25, -0.2) is 0 Å². The van der Waals surface area contributed by atoms with Gasteiger partial charge >= 0.3 is 6.18 Å². The first kappa shape index (κ1) is 15.8. The van der Waals surface area contributed by atoms with Crippen molar-refractivity contribution in [3.8, 4) is 0 Å². The average molecular weight is 317 g/mol. The molecule has 1 aromatic carbocycles. The Bertz CT molecular complexity index is 586. The summed E-state index contributed by atoms with van der Waals surface area (Å²) in [4.78, 5) is 0. The summed E-state index contributed by atoms with van der Waals surface area (Å²) in [5.41, 5.74) is -0.378. The van der Waals surface area contributed by atoms with Crippen LogP contribution in [0.15, 0.2) is 35.7 Å². The van der Waals surface area contributed by atoms with Gasteiger partial charge in [-0.3, -0.25) is 0 Å². The maximum absolute atomic E-state index is 12.9. The lowest BCUT2D eigenvalue weighted by Crippen LogP contribution is -2.09. The minimum Gasteiger partial charge on any atom is -0.383 e. The Morgan fingerprint density at radius 1 is 1.29 bits per heavy atom. The molecule has 8 heteroatoms. The summed E-state index contributed by atoms with van der Waals surface area (Å²) >= 11 is 1.22. The van der Waals surface area contributed by atoms with E-state index in [1.54, 1.807) is 17.7 Å². The van der Waals surface area contributed by atoms with Gasteiger partial charge in [-0.15, -0.1) is 10.2 Å². The predicted octanol–water partition coefficient (Wildman–Crippen LogP) is 3.24. The first-order valence-corrected chi connectivity index (χ1v) is 7.15. The van der Waals surface area contributed by atoms with Gasteiger partial charge < -0.3 is 9.30 Å². The zero-order valence-corrected chi connectivity index (χ0v) is 12.1.